The van der Waals surface area contributed by atoms with E-state index in [0.717, 1.165) is 32.7 Å². The molecule has 2 heterocycles. The van der Waals surface area contributed by atoms with Gasteiger partial charge in [0.25, 0.3) is 0 Å². The molecule has 1 aliphatic heterocycles. The highest BCUT2D eigenvalue weighted by Crippen LogP contribution is 2.27. The van der Waals surface area contributed by atoms with Gasteiger partial charge in [-0.2, -0.15) is 0 Å². The minimum absolute atomic E-state index is 0.196. The summed E-state index contributed by atoms with van der Waals surface area (Å²) in [6.07, 6.45) is 2.69. The van der Waals surface area contributed by atoms with Gasteiger partial charge in [0, 0.05) is 35.8 Å². The molecule has 0 bridgehead atoms. The molecular formula is C20H26N2O3S. The average Bonchev–Trinajstić information content (AvgIpc) is 3.20. The number of phenolic OH excluding ortho intramolecular Hbond substituents is 1. The molecule has 6 heteroatoms. The lowest BCUT2D eigenvalue weighted by atomic mass is 10.2. The van der Waals surface area contributed by atoms with Gasteiger partial charge in [-0.25, -0.2) is 0 Å². The first-order valence-corrected chi connectivity index (χ1v) is 9.96. The maximum absolute atomic E-state index is 10.2. The van der Waals surface area contributed by atoms with Crippen LogP contribution in [0, 0.1) is 0 Å². The molecule has 26 heavy (non-hydrogen) atoms. The second-order valence-electron chi connectivity index (χ2n) is 6.24. The Morgan fingerprint density at radius 2 is 2.19 bits per heavy atom. The number of phenols is 1. The lowest BCUT2D eigenvalue weighted by Gasteiger charge is -2.33. The summed E-state index contributed by atoms with van der Waals surface area (Å²) in [6.45, 7) is 6.75. The van der Waals surface area contributed by atoms with Crippen molar-refractivity contribution in [2.45, 2.75) is 19.4 Å². The van der Waals surface area contributed by atoms with Gasteiger partial charge >= 0.3 is 0 Å². The van der Waals surface area contributed by atoms with E-state index in [-0.39, 0.29) is 11.8 Å². The number of benzene rings is 1. The minimum atomic E-state index is 0.196. The Kier molecular flexibility index (Phi) is 7.05. The number of hydrogen-bond acceptors (Lipinski definition) is 6. The highest BCUT2D eigenvalue weighted by molar-refractivity contribution is 7.10. The molecule has 0 saturated carbocycles. The number of hydrogen-bond donors (Lipinski definition) is 1. The third kappa shape index (κ3) is 5.06. The van der Waals surface area contributed by atoms with E-state index < -0.39 is 0 Å². The van der Waals surface area contributed by atoms with Crippen molar-refractivity contribution in [3.63, 3.8) is 0 Å². The van der Waals surface area contributed by atoms with E-state index in [1.54, 1.807) is 23.6 Å². The van der Waals surface area contributed by atoms with Gasteiger partial charge in [-0.05, 0) is 30.0 Å². The highest BCUT2D eigenvalue weighted by Gasteiger charge is 2.22. The summed E-state index contributed by atoms with van der Waals surface area (Å²) in [5, 5.41) is 12.3. The Morgan fingerprint density at radius 1 is 1.35 bits per heavy atom. The summed E-state index contributed by atoms with van der Waals surface area (Å²) < 4.78 is 11.0. The zero-order chi connectivity index (χ0) is 18.2. The summed E-state index contributed by atoms with van der Waals surface area (Å²) in [4.78, 5) is 8.37. The molecule has 0 unspecified atom stereocenters. The monoisotopic (exact) mass is 374 g/mol. The molecule has 0 amide bonds. The number of ether oxygens (including phenoxy) is 2. The number of aliphatic imine (C=N–C) groups is 1. The molecule has 1 aromatic carbocycles. The largest absolute Gasteiger partial charge is 0.507 e. The molecule has 0 radical (unpaired) electrons. The molecule has 3 rings (SSSR count). The minimum Gasteiger partial charge on any atom is -0.507 e. The number of thiophene rings is 1. The highest BCUT2D eigenvalue weighted by atomic mass is 32.1. The maximum atomic E-state index is 10.2. The van der Waals surface area contributed by atoms with Gasteiger partial charge in [-0.15, -0.1) is 11.3 Å². The molecule has 1 saturated heterocycles. The van der Waals surface area contributed by atoms with Crippen LogP contribution in [0.4, 0.5) is 0 Å². The summed E-state index contributed by atoms with van der Waals surface area (Å²) in [6, 6.07) is 9.86. The van der Waals surface area contributed by atoms with Crippen molar-refractivity contribution in [3.05, 3.63) is 46.2 Å². The predicted molar refractivity (Wildman–Crippen MR) is 106 cm³/mol. The second-order valence-corrected chi connectivity index (χ2v) is 7.22. The van der Waals surface area contributed by atoms with Crippen molar-refractivity contribution in [2.75, 3.05) is 39.5 Å². The van der Waals surface area contributed by atoms with Crippen molar-refractivity contribution in [2.24, 2.45) is 4.99 Å². The van der Waals surface area contributed by atoms with Crippen molar-refractivity contribution in [1.82, 2.24) is 4.90 Å². The first-order valence-electron chi connectivity index (χ1n) is 9.08. The average molecular weight is 375 g/mol. The number of aromatic hydroxyl groups is 1. The van der Waals surface area contributed by atoms with E-state index in [1.807, 2.05) is 12.1 Å². The van der Waals surface area contributed by atoms with Crippen LogP contribution in [0.1, 0.15) is 29.8 Å². The van der Waals surface area contributed by atoms with Crippen LogP contribution in [0.2, 0.25) is 0 Å². The van der Waals surface area contributed by atoms with Crippen LogP contribution in [-0.4, -0.2) is 55.7 Å². The molecule has 1 aliphatic rings. The fourth-order valence-corrected chi connectivity index (χ4v) is 3.80. The quantitative estimate of drug-likeness (QED) is 0.715. The molecule has 0 spiro atoms. The van der Waals surface area contributed by atoms with E-state index >= 15 is 0 Å². The summed E-state index contributed by atoms with van der Waals surface area (Å²) >= 11 is 1.76. The van der Waals surface area contributed by atoms with Crippen molar-refractivity contribution < 1.29 is 14.6 Å². The Hall–Kier alpha value is -1.89. The van der Waals surface area contributed by atoms with Crippen LogP contribution in [0.15, 0.2) is 40.7 Å². The molecule has 5 nitrogen and oxygen atoms in total. The van der Waals surface area contributed by atoms with Gasteiger partial charge in [-0.3, -0.25) is 9.89 Å². The van der Waals surface area contributed by atoms with Crippen molar-refractivity contribution in [3.8, 4) is 11.5 Å². The fourth-order valence-electron chi connectivity index (χ4n) is 2.95. The molecule has 140 valence electrons. The van der Waals surface area contributed by atoms with E-state index in [4.69, 9.17) is 9.47 Å². The molecular weight excluding hydrogens is 348 g/mol. The third-order valence-corrected chi connectivity index (χ3v) is 5.32. The Balaban J connectivity index is 1.66. The molecule has 2 aromatic rings. The third-order valence-electron chi connectivity index (χ3n) is 4.34. The number of rotatable bonds is 8. The zero-order valence-corrected chi connectivity index (χ0v) is 16.0. The smallest absolute Gasteiger partial charge is 0.128 e. The first-order chi connectivity index (χ1) is 12.8. The summed E-state index contributed by atoms with van der Waals surface area (Å²) in [5.41, 5.74) is 0.709. The van der Waals surface area contributed by atoms with Crippen LogP contribution >= 0.6 is 11.3 Å². The van der Waals surface area contributed by atoms with Gasteiger partial charge in [-0.1, -0.05) is 13.0 Å². The molecule has 1 atom stereocenters. The van der Waals surface area contributed by atoms with Crippen molar-refractivity contribution in [1.29, 1.82) is 0 Å². The van der Waals surface area contributed by atoms with Gasteiger partial charge < -0.3 is 14.6 Å². The molecule has 1 N–H and O–H groups in total. The molecule has 1 aromatic heterocycles. The lowest BCUT2D eigenvalue weighted by Crippen LogP contribution is -2.39. The first kappa shape index (κ1) is 18.9. The maximum Gasteiger partial charge on any atom is 0.128 e. The van der Waals surface area contributed by atoms with Gasteiger partial charge in [0.15, 0.2) is 0 Å². The normalized spacial score (nSPS) is 16.8. The van der Waals surface area contributed by atoms with E-state index in [0.29, 0.717) is 24.5 Å². The molecule has 1 fully saturated rings. The van der Waals surface area contributed by atoms with Crippen LogP contribution in [0.3, 0.4) is 0 Å². The SMILES string of the molecule is CCCOc1ccc(C=NC[C@@H](c2cccs2)N2CCOCC2)c(O)c1. The Morgan fingerprint density at radius 3 is 2.88 bits per heavy atom. The molecule has 0 aliphatic carbocycles. The van der Waals surface area contributed by atoms with Gasteiger partial charge in [0.1, 0.15) is 11.5 Å². The Labute approximate surface area is 158 Å². The summed E-state index contributed by atoms with van der Waals surface area (Å²) in [5.74, 6) is 0.882. The number of morpholine rings is 1. The number of nitrogens with zero attached hydrogens (tertiary/aromatic N) is 2. The fraction of sp³-hybridized carbons (Fsp3) is 0.450. The second kappa shape index (κ2) is 9.71. The van der Waals surface area contributed by atoms with Crippen LogP contribution in [0.5, 0.6) is 11.5 Å². The van der Waals surface area contributed by atoms with Gasteiger partial charge in [0.2, 0.25) is 0 Å². The van der Waals surface area contributed by atoms with Gasteiger partial charge in [0.05, 0.1) is 32.4 Å². The lowest BCUT2D eigenvalue weighted by molar-refractivity contribution is 0.0187. The predicted octanol–water partition coefficient (Wildman–Crippen LogP) is 3.73. The summed E-state index contributed by atoms with van der Waals surface area (Å²) in [7, 11) is 0. The van der Waals surface area contributed by atoms with Crippen molar-refractivity contribution >= 4 is 17.6 Å². The topological polar surface area (TPSA) is 54.3 Å². The van der Waals surface area contributed by atoms with Crippen LogP contribution < -0.4 is 4.74 Å². The van der Waals surface area contributed by atoms with E-state index in [2.05, 4.69) is 34.3 Å². The standard InChI is InChI=1S/C20H26N2O3S/c1-2-9-25-17-6-5-16(19(23)13-17)14-21-15-18(20-4-3-12-26-20)22-7-10-24-11-8-22/h3-6,12-14,18,23H,2,7-11,15H2,1H3/t18-/m0/s1. The zero-order valence-electron chi connectivity index (χ0n) is 15.1. The Bertz CT molecular complexity index is 697. The van der Waals surface area contributed by atoms with E-state index in [9.17, 15) is 5.11 Å². The van der Waals surface area contributed by atoms with E-state index in [1.165, 1.54) is 4.88 Å². The van der Waals surface area contributed by atoms with Crippen LogP contribution in [-0.2, 0) is 4.74 Å². The van der Waals surface area contributed by atoms with Crippen LogP contribution in [0.25, 0.3) is 0 Å².